The van der Waals surface area contributed by atoms with Crippen molar-refractivity contribution in [2.45, 2.75) is 12.3 Å². The molecule has 0 aromatic carbocycles. The summed E-state index contributed by atoms with van der Waals surface area (Å²) in [6, 6.07) is 0. The van der Waals surface area contributed by atoms with Gasteiger partial charge in [-0.1, -0.05) is 17.4 Å². The summed E-state index contributed by atoms with van der Waals surface area (Å²) in [6.07, 6.45) is 5.62. The maximum Gasteiger partial charge on any atom is 0.273 e. The first kappa shape index (κ1) is 9.55. The van der Waals surface area contributed by atoms with Gasteiger partial charge in [-0.25, -0.2) is 4.98 Å². The van der Waals surface area contributed by atoms with Crippen LogP contribution in [0, 0.1) is 0 Å². The number of methoxy groups -OCH3 is 1. The molecule has 0 spiro atoms. The summed E-state index contributed by atoms with van der Waals surface area (Å²) in [5.41, 5.74) is 0. The smallest absolute Gasteiger partial charge is 0.273 e. The van der Waals surface area contributed by atoms with Gasteiger partial charge in [-0.2, -0.15) is 0 Å². The van der Waals surface area contributed by atoms with Gasteiger partial charge in [-0.05, 0) is 13.0 Å². The van der Waals surface area contributed by atoms with Crippen LogP contribution in [-0.2, 0) is 0 Å². The standard InChI is InChI=1S/C8H10ClNOS/c1-6(9)3-4-7-5-10-8(11-2)12-7/h3-6H,1-2H3/b4-3+. The van der Waals surface area contributed by atoms with Crippen LogP contribution in [0.1, 0.15) is 11.8 Å². The van der Waals surface area contributed by atoms with E-state index in [0.29, 0.717) is 5.19 Å². The average molecular weight is 204 g/mol. The van der Waals surface area contributed by atoms with E-state index in [1.54, 1.807) is 13.3 Å². The number of ether oxygens (including phenoxy) is 1. The Morgan fingerprint density at radius 1 is 1.75 bits per heavy atom. The molecule has 4 heteroatoms. The number of allylic oxidation sites excluding steroid dienone is 1. The topological polar surface area (TPSA) is 22.1 Å². The lowest BCUT2D eigenvalue weighted by molar-refractivity contribution is 0.412. The van der Waals surface area contributed by atoms with Crippen molar-refractivity contribution in [2.24, 2.45) is 0 Å². The average Bonchev–Trinajstić information content (AvgIpc) is 2.48. The molecule has 0 bridgehead atoms. The highest BCUT2D eigenvalue weighted by molar-refractivity contribution is 7.14. The van der Waals surface area contributed by atoms with Gasteiger partial charge in [0.25, 0.3) is 5.19 Å². The van der Waals surface area contributed by atoms with E-state index >= 15 is 0 Å². The predicted molar refractivity (Wildman–Crippen MR) is 53.0 cm³/mol. The van der Waals surface area contributed by atoms with Crippen molar-refractivity contribution in [3.8, 4) is 5.19 Å². The second kappa shape index (κ2) is 4.48. The fraction of sp³-hybridized carbons (Fsp3) is 0.375. The van der Waals surface area contributed by atoms with Crippen molar-refractivity contribution in [1.82, 2.24) is 4.98 Å². The van der Waals surface area contributed by atoms with E-state index in [0.717, 1.165) is 4.88 Å². The van der Waals surface area contributed by atoms with E-state index in [4.69, 9.17) is 16.3 Å². The van der Waals surface area contributed by atoms with Gasteiger partial charge >= 0.3 is 0 Å². The largest absolute Gasteiger partial charge is 0.473 e. The Morgan fingerprint density at radius 2 is 2.50 bits per heavy atom. The monoisotopic (exact) mass is 203 g/mol. The summed E-state index contributed by atoms with van der Waals surface area (Å²) in [6.45, 7) is 1.91. The number of alkyl halides is 1. The summed E-state index contributed by atoms with van der Waals surface area (Å²) in [5.74, 6) is 0. The Kier molecular flexibility index (Phi) is 3.56. The van der Waals surface area contributed by atoms with Crippen molar-refractivity contribution >= 4 is 29.0 Å². The number of halogens is 1. The minimum atomic E-state index is 0.0538. The normalized spacial score (nSPS) is 13.6. The van der Waals surface area contributed by atoms with Crippen LogP contribution in [0.4, 0.5) is 0 Å². The van der Waals surface area contributed by atoms with Crippen LogP contribution in [0.2, 0.25) is 0 Å². The zero-order chi connectivity index (χ0) is 8.97. The second-order valence-corrected chi connectivity index (χ2v) is 3.98. The van der Waals surface area contributed by atoms with Crippen LogP contribution in [0.3, 0.4) is 0 Å². The molecule has 1 unspecified atom stereocenters. The molecule has 0 aliphatic heterocycles. The Bertz CT molecular complexity index is 270. The molecule has 0 radical (unpaired) electrons. The van der Waals surface area contributed by atoms with Crippen molar-refractivity contribution < 1.29 is 4.74 Å². The SMILES string of the molecule is COc1ncc(/C=C/C(C)Cl)s1. The molecule has 1 atom stereocenters. The highest BCUT2D eigenvalue weighted by atomic mass is 35.5. The van der Waals surface area contributed by atoms with Gasteiger partial charge in [0.1, 0.15) is 0 Å². The molecule has 12 heavy (non-hydrogen) atoms. The van der Waals surface area contributed by atoms with Crippen LogP contribution in [0.25, 0.3) is 6.08 Å². The summed E-state index contributed by atoms with van der Waals surface area (Å²) in [5, 5.41) is 0.731. The van der Waals surface area contributed by atoms with Gasteiger partial charge in [0.2, 0.25) is 0 Å². The van der Waals surface area contributed by atoms with Crippen molar-refractivity contribution in [2.75, 3.05) is 7.11 Å². The summed E-state index contributed by atoms with van der Waals surface area (Å²) >= 11 is 7.23. The molecule has 1 heterocycles. The number of hydrogen-bond donors (Lipinski definition) is 0. The summed E-state index contributed by atoms with van der Waals surface area (Å²) in [4.78, 5) is 5.07. The second-order valence-electron chi connectivity index (χ2n) is 2.27. The van der Waals surface area contributed by atoms with E-state index in [1.165, 1.54) is 11.3 Å². The van der Waals surface area contributed by atoms with Crippen LogP contribution in [0.15, 0.2) is 12.3 Å². The van der Waals surface area contributed by atoms with E-state index in [-0.39, 0.29) is 5.38 Å². The van der Waals surface area contributed by atoms with E-state index in [1.807, 2.05) is 19.1 Å². The highest BCUT2D eigenvalue weighted by Crippen LogP contribution is 2.21. The Morgan fingerprint density at radius 3 is 3.00 bits per heavy atom. The summed E-state index contributed by atoms with van der Waals surface area (Å²) in [7, 11) is 1.61. The predicted octanol–water partition coefficient (Wildman–Crippen LogP) is 2.79. The van der Waals surface area contributed by atoms with Gasteiger partial charge in [0.05, 0.1) is 12.0 Å². The minimum absolute atomic E-state index is 0.0538. The fourth-order valence-corrected chi connectivity index (χ4v) is 1.38. The van der Waals surface area contributed by atoms with Gasteiger partial charge in [0.15, 0.2) is 0 Å². The van der Waals surface area contributed by atoms with E-state index < -0.39 is 0 Å². The number of aromatic nitrogens is 1. The molecule has 66 valence electrons. The van der Waals surface area contributed by atoms with Gasteiger partial charge < -0.3 is 4.74 Å². The third-order valence-electron chi connectivity index (χ3n) is 1.20. The van der Waals surface area contributed by atoms with E-state index in [2.05, 4.69) is 4.98 Å². The lowest BCUT2D eigenvalue weighted by atomic mass is 10.4. The molecule has 0 aliphatic rings. The van der Waals surface area contributed by atoms with Crippen molar-refractivity contribution in [3.63, 3.8) is 0 Å². The molecule has 0 fully saturated rings. The third-order valence-corrected chi connectivity index (χ3v) is 2.27. The molecule has 0 N–H and O–H groups in total. The lowest BCUT2D eigenvalue weighted by Gasteiger charge is -1.88. The number of rotatable bonds is 3. The minimum Gasteiger partial charge on any atom is -0.473 e. The van der Waals surface area contributed by atoms with Gasteiger partial charge in [-0.3, -0.25) is 0 Å². The Balaban J connectivity index is 2.63. The maximum atomic E-state index is 5.73. The van der Waals surface area contributed by atoms with E-state index in [9.17, 15) is 0 Å². The maximum absolute atomic E-state index is 5.73. The molecule has 1 rings (SSSR count). The van der Waals surface area contributed by atoms with Crippen LogP contribution >= 0.6 is 22.9 Å². The van der Waals surface area contributed by atoms with Gasteiger partial charge in [0, 0.05) is 11.6 Å². The molecule has 0 amide bonds. The molecule has 0 saturated heterocycles. The lowest BCUT2D eigenvalue weighted by Crippen LogP contribution is -1.78. The van der Waals surface area contributed by atoms with Crippen LogP contribution in [-0.4, -0.2) is 17.5 Å². The first-order valence-corrected chi connectivity index (χ1v) is 4.79. The van der Waals surface area contributed by atoms with Crippen LogP contribution in [0.5, 0.6) is 5.19 Å². The first-order chi connectivity index (χ1) is 5.72. The highest BCUT2D eigenvalue weighted by Gasteiger charge is 1.97. The quantitative estimate of drug-likeness (QED) is 0.705. The molecule has 0 aliphatic carbocycles. The van der Waals surface area contributed by atoms with Crippen molar-refractivity contribution in [1.29, 1.82) is 0 Å². The number of nitrogens with zero attached hydrogens (tertiary/aromatic N) is 1. The first-order valence-electron chi connectivity index (χ1n) is 3.54. The molecule has 2 nitrogen and oxygen atoms in total. The molecule has 0 saturated carbocycles. The van der Waals surface area contributed by atoms with Crippen molar-refractivity contribution in [3.05, 3.63) is 17.2 Å². The molecule has 1 aromatic rings. The zero-order valence-electron chi connectivity index (χ0n) is 6.95. The Labute approximate surface area is 80.8 Å². The summed E-state index contributed by atoms with van der Waals surface area (Å²) < 4.78 is 4.94. The zero-order valence-corrected chi connectivity index (χ0v) is 8.52. The molecular weight excluding hydrogens is 194 g/mol. The fourth-order valence-electron chi connectivity index (χ4n) is 0.669. The van der Waals surface area contributed by atoms with Gasteiger partial charge in [-0.15, -0.1) is 11.6 Å². The Hall–Kier alpha value is -0.540. The van der Waals surface area contributed by atoms with Crippen LogP contribution < -0.4 is 4.74 Å². The number of hydrogen-bond acceptors (Lipinski definition) is 3. The number of thiazole rings is 1. The third kappa shape index (κ3) is 2.83. The molecule has 1 aromatic heterocycles. The molecular formula is C8H10ClNOS.